The quantitative estimate of drug-likeness (QED) is 0.645. The number of carbonyl (C=O) groups excluding carboxylic acids is 1. The summed E-state index contributed by atoms with van der Waals surface area (Å²) in [6.45, 7) is 3.19. The van der Waals surface area contributed by atoms with Gasteiger partial charge in [-0.05, 0) is 42.0 Å². The van der Waals surface area contributed by atoms with Crippen LogP contribution in [0.3, 0.4) is 0 Å². The zero-order chi connectivity index (χ0) is 19.9. The maximum absolute atomic E-state index is 12.8. The van der Waals surface area contributed by atoms with E-state index in [1.54, 1.807) is 50.4 Å². The maximum Gasteiger partial charge on any atom is 0.251 e. The molecular weight excluding hydrogens is 388 g/mol. The Balaban J connectivity index is 2.09. The predicted octanol–water partition coefficient (Wildman–Crippen LogP) is 2.93. The van der Waals surface area contributed by atoms with Gasteiger partial charge in [0.1, 0.15) is 0 Å². The molecule has 0 saturated heterocycles. The average molecular weight is 411 g/mol. The second kappa shape index (κ2) is 9.85. The van der Waals surface area contributed by atoms with Gasteiger partial charge in [-0.3, -0.25) is 4.79 Å². The minimum Gasteiger partial charge on any atom is -0.383 e. The maximum atomic E-state index is 12.8. The molecular formula is C19H23ClN2O4S. The van der Waals surface area contributed by atoms with Gasteiger partial charge in [0.2, 0.25) is 10.0 Å². The molecule has 0 aromatic heterocycles. The highest BCUT2D eigenvalue weighted by molar-refractivity contribution is 7.89. The molecule has 0 radical (unpaired) electrons. The normalized spacial score (nSPS) is 11.6. The van der Waals surface area contributed by atoms with E-state index in [4.69, 9.17) is 16.3 Å². The van der Waals surface area contributed by atoms with Crippen molar-refractivity contribution in [2.45, 2.75) is 18.4 Å². The van der Waals surface area contributed by atoms with Gasteiger partial charge in [-0.25, -0.2) is 8.42 Å². The van der Waals surface area contributed by atoms with Crippen LogP contribution in [0.25, 0.3) is 0 Å². The van der Waals surface area contributed by atoms with E-state index in [1.807, 2.05) is 0 Å². The topological polar surface area (TPSA) is 75.7 Å². The summed E-state index contributed by atoms with van der Waals surface area (Å²) in [6, 6.07) is 13.0. The SMILES string of the molecule is CCN(Cc1ccc(C(=O)NCCOC)cc1)S(=O)(=O)c1ccc(Cl)cc1. The van der Waals surface area contributed by atoms with Crippen molar-refractivity contribution in [3.63, 3.8) is 0 Å². The number of rotatable bonds is 9. The van der Waals surface area contributed by atoms with E-state index in [9.17, 15) is 13.2 Å². The summed E-state index contributed by atoms with van der Waals surface area (Å²) in [5.74, 6) is -0.195. The fourth-order valence-corrected chi connectivity index (χ4v) is 4.02. The van der Waals surface area contributed by atoms with Gasteiger partial charge in [0, 0.05) is 37.3 Å². The Hall–Kier alpha value is -1.93. The Labute approximate surface area is 165 Å². The van der Waals surface area contributed by atoms with Gasteiger partial charge >= 0.3 is 0 Å². The lowest BCUT2D eigenvalue weighted by Gasteiger charge is -2.21. The van der Waals surface area contributed by atoms with E-state index >= 15 is 0 Å². The molecule has 0 spiro atoms. The first-order valence-electron chi connectivity index (χ1n) is 8.50. The Morgan fingerprint density at radius 2 is 1.74 bits per heavy atom. The first-order valence-corrected chi connectivity index (χ1v) is 10.3. The molecule has 1 N–H and O–H groups in total. The Morgan fingerprint density at radius 3 is 2.30 bits per heavy atom. The van der Waals surface area contributed by atoms with Gasteiger partial charge in [-0.1, -0.05) is 30.7 Å². The Bertz CT molecular complexity index is 852. The number of amides is 1. The van der Waals surface area contributed by atoms with Crippen molar-refractivity contribution >= 4 is 27.5 Å². The second-order valence-corrected chi connectivity index (χ2v) is 8.21. The number of hydrogen-bond acceptors (Lipinski definition) is 4. The lowest BCUT2D eigenvalue weighted by atomic mass is 10.1. The fraction of sp³-hybridized carbons (Fsp3) is 0.316. The third-order valence-corrected chi connectivity index (χ3v) is 6.16. The first-order chi connectivity index (χ1) is 12.9. The van der Waals surface area contributed by atoms with Crippen molar-refractivity contribution in [1.82, 2.24) is 9.62 Å². The number of methoxy groups -OCH3 is 1. The minimum absolute atomic E-state index is 0.195. The van der Waals surface area contributed by atoms with Gasteiger partial charge in [-0.2, -0.15) is 4.31 Å². The van der Waals surface area contributed by atoms with Crippen LogP contribution in [-0.2, 0) is 21.3 Å². The van der Waals surface area contributed by atoms with Crippen molar-refractivity contribution in [3.8, 4) is 0 Å². The first kappa shape index (κ1) is 21.4. The van der Waals surface area contributed by atoms with E-state index in [0.29, 0.717) is 30.3 Å². The molecule has 0 fully saturated rings. The molecule has 0 unspecified atom stereocenters. The van der Waals surface area contributed by atoms with E-state index < -0.39 is 10.0 Å². The average Bonchev–Trinajstić information content (AvgIpc) is 2.67. The van der Waals surface area contributed by atoms with E-state index in [-0.39, 0.29) is 17.3 Å². The van der Waals surface area contributed by atoms with Crippen molar-refractivity contribution in [2.24, 2.45) is 0 Å². The molecule has 1 amide bonds. The number of halogens is 1. The molecule has 0 aliphatic rings. The van der Waals surface area contributed by atoms with Crippen LogP contribution in [0.5, 0.6) is 0 Å². The van der Waals surface area contributed by atoms with Crippen LogP contribution in [-0.4, -0.2) is 45.4 Å². The van der Waals surface area contributed by atoms with Crippen LogP contribution in [0.15, 0.2) is 53.4 Å². The molecule has 0 aliphatic heterocycles. The Morgan fingerprint density at radius 1 is 1.11 bits per heavy atom. The molecule has 0 saturated carbocycles. The van der Waals surface area contributed by atoms with Crippen LogP contribution in [0.4, 0.5) is 0 Å². The molecule has 2 aromatic rings. The van der Waals surface area contributed by atoms with E-state index in [2.05, 4.69) is 5.32 Å². The van der Waals surface area contributed by atoms with Crippen molar-refractivity contribution in [2.75, 3.05) is 26.8 Å². The molecule has 6 nitrogen and oxygen atoms in total. The zero-order valence-electron chi connectivity index (χ0n) is 15.3. The van der Waals surface area contributed by atoms with Crippen LogP contribution in [0, 0.1) is 0 Å². The fourth-order valence-electron chi connectivity index (χ4n) is 2.46. The number of ether oxygens (including phenoxy) is 1. The standard InChI is InChI=1S/C19H23ClN2O4S/c1-3-22(27(24,25)18-10-8-17(20)9-11-18)14-15-4-6-16(7-5-15)19(23)21-12-13-26-2/h4-11H,3,12-14H2,1-2H3,(H,21,23). The Kier molecular flexibility index (Phi) is 7.79. The lowest BCUT2D eigenvalue weighted by molar-refractivity contribution is 0.0937. The number of benzene rings is 2. The van der Waals surface area contributed by atoms with Gasteiger partial charge < -0.3 is 10.1 Å². The number of carbonyl (C=O) groups is 1. The minimum atomic E-state index is -3.63. The second-order valence-electron chi connectivity index (χ2n) is 5.83. The number of hydrogen-bond donors (Lipinski definition) is 1. The molecule has 0 aliphatic carbocycles. The predicted molar refractivity (Wildman–Crippen MR) is 105 cm³/mol. The third-order valence-electron chi connectivity index (χ3n) is 3.97. The van der Waals surface area contributed by atoms with E-state index in [1.165, 1.54) is 16.4 Å². The third kappa shape index (κ3) is 5.77. The molecule has 27 heavy (non-hydrogen) atoms. The lowest BCUT2D eigenvalue weighted by Crippen LogP contribution is -2.30. The van der Waals surface area contributed by atoms with Crippen LogP contribution < -0.4 is 5.32 Å². The highest BCUT2D eigenvalue weighted by atomic mass is 35.5. The highest BCUT2D eigenvalue weighted by Crippen LogP contribution is 2.20. The molecule has 2 aromatic carbocycles. The van der Waals surface area contributed by atoms with Crippen molar-refractivity contribution in [3.05, 3.63) is 64.7 Å². The smallest absolute Gasteiger partial charge is 0.251 e. The summed E-state index contributed by atoms with van der Waals surface area (Å²) < 4.78 is 31.9. The van der Waals surface area contributed by atoms with Gasteiger partial charge in [0.05, 0.1) is 11.5 Å². The van der Waals surface area contributed by atoms with Gasteiger partial charge in [-0.15, -0.1) is 0 Å². The number of nitrogens with one attached hydrogen (secondary N) is 1. The highest BCUT2D eigenvalue weighted by Gasteiger charge is 2.23. The van der Waals surface area contributed by atoms with Gasteiger partial charge in [0.15, 0.2) is 0 Å². The number of nitrogens with zero attached hydrogens (tertiary/aromatic N) is 1. The molecule has 146 valence electrons. The van der Waals surface area contributed by atoms with Crippen LogP contribution in [0.2, 0.25) is 5.02 Å². The van der Waals surface area contributed by atoms with Crippen molar-refractivity contribution in [1.29, 1.82) is 0 Å². The summed E-state index contributed by atoms with van der Waals surface area (Å²) in [6.07, 6.45) is 0. The monoisotopic (exact) mass is 410 g/mol. The van der Waals surface area contributed by atoms with Crippen LogP contribution >= 0.6 is 11.6 Å². The van der Waals surface area contributed by atoms with E-state index in [0.717, 1.165) is 5.56 Å². The molecule has 0 bridgehead atoms. The van der Waals surface area contributed by atoms with Crippen molar-refractivity contribution < 1.29 is 17.9 Å². The summed E-state index contributed by atoms with van der Waals surface area (Å²) >= 11 is 5.84. The summed E-state index contributed by atoms with van der Waals surface area (Å²) in [7, 11) is -2.06. The van der Waals surface area contributed by atoms with Gasteiger partial charge in [0.25, 0.3) is 5.91 Å². The molecule has 8 heteroatoms. The molecule has 0 heterocycles. The zero-order valence-corrected chi connectivity index (χ0v) is 16.9. The largest absolute Gasteiger partial charge is 0.383 e. The van der Waals surface area contributed by atoms with Crippen LogP contribution in [0.1, 0.15) is 22.8 Å². The summed E-state index contributed by atoms with van der Waals surface area (Å²) in [5, 5.41) is 3.22. The summed E-state index contributed by atoms with van der Waals surface area (Å²) in [4.78, 5) is 12.2. The molecule has 2 rings (SSSR count). The molecule has 0 atom stereocenters. The summed E-state index contributed by atoms with van der Waals surface area (Å²) in [5.41, 5.74) is 1.31. The number of sulfonamides is 1.